The molecule has 2 aromatic rings. The van der Waals surface area contributed by atoms with Gasteiger partial charge in [-0.15, -0.1) is 0 Å². The predicted octanol–water partition coefficient (Wildman–Crippen LogP) is 2.16. The normalized spacial score (nSPS) is 10.6. The van der Waals surface area contributed by atoms with Crippen molar-refractivity contribution in [1.82, 2.24) is 0 Å². The number of carbonyl (C=O) groups is 2. The summed E-state index contributed by atoms with van der Waals surface area (Å²) in [6.45, 7) is 3.21. The lowest BCUT2D eigenvalue weighted by Crippen LogP contribution is -2.14. The molecule has 0 saturated carbocycles. The Hall–Kier alpha value is -3.48. The first-order chi connectivity index (χ1) is 12.7. The lowest BCUT2D eigenvalue weighted by molar-refractivity contribution is -0.129. The van der Waals surface area contributed by atoms with Gasteiger partial charge < -0.3 is 9.47 Å². The summed E-state index contributed by atoms with van der Waals surface area (Å²) in [6.07, 6.45) is 0. The Balaban J connectivity index is 2.70. The number of nitriles is 1. The van der Waals surface area contributed by atoms with Crippen molar-refractivity contribution < 1.29 is 32.0 Å². The van der Waals surface area contributed by atoms with Crippen molar-refractivity contribution in [3.63, 3.8) is 0 Å². The van der Waals surface area contributed by atoms with Crippen LogP contribution in [-0.2, 0) is 14.9 Å². The molecule has 1 N–H and O–H groups in total. The van der Waals surface area contributed by atoms with Gasteiger partial charge in [0, 0.05) is 11.6 Å². The molecule has 0 fully saturated rings. The van der Waals surface area contributed by atoms with E-state index in [1.807, 2.05) is 0 Å². The van der Waals surface area contributed by atoms with Gasteiger partial charge in [0.25, 0.3) is 10.1 Å². The molecule has 0 spiro atoms. The lowest BCUT2D eigenvalue weighted by atomic mass is 10.0. The zero-order valence-corrected chi connectivity index (χ0v) is 14.8. The number of benzene rings is 2. The fourth-order valence-corrected chi connectivity index (χ4v) is 2.78. The van der Waals surface area contributed by atoms with Gasteiger partial charge in [-0.3, -0.25) is 9.35 Å². The molecule has 0 amide bonds. The van der Waals surface area contributed by atoms with E-state index < -0.39 is 32.3 Å². The van der Waals surface area contributed by atoms with Crippen molar-refractivity contribution in [1.29, 1.82) is 5.26 Å². The van der Waals surface area contributed by atoms with Gasteiger partial charge in [0.15, 0.2) is 5.78 Å². The third-order valence-corrected chi connectivity index (χ3v) is 4.28. The standard InChI is InChI=1S/C18H13NO7S/c1-11(10-19)18(21)26-14-9-15(25-2)16(27(22,23)24)8-13(14)17(20)12-6-4-3-5-7-12/h3-9H,1H2,2H3,(H,22,23,24). The number of hydrogen-bond donors (Lipinski definition) is 1. The van der Waals surface area contributed by atoms with E-state index in [0.29, 0.717) is 0 Å². The second-order valence-corrected chi connectivity index (χ2v) is 6.54. The fourth-order valence-electron chi connectivity index (χ4n) is 2.12. The Morgan fingerprint density at radius 1 is 1.15 bits per heavy atom. The van der Waals surface area contributed by atoms with E-state index in [-0.39, 0.29) is 22.6 Å². The Kier molecular flexibility index (Phi) is 5.75. The number of hydrogen-bond acceptors (Lipinski definition) is 7. The molecule has 0 bridgehead atoms. The molecule has 0 aliphatic heterocycles. The van der Waals surface area contributed by atoms with Gasteiger partial charge in [0.1, 0.15) is 28.0 Å². The van der Waals surface area contributed by atoms with E-state index in [1.54, 1.807) is 18.2 Å². The SMILES string of the molecule is C=C(C#N)C(=O)Oc1cc(OC)c(S(=O)(=O)O)cc1C(=O)c1ccccc1. The van der Waals surface area contributed by atoms with Crippen molar-refractivity contribution >= 4 is 21.9 Å². The topological polar surface area (TPSA) is 131 Å². The van der Waals surface area contributed by atoms with Crippen LogP contribution in [0, 0.1) is 11.3 Å². The Morgan fingerprint density at radius 3 is 2.30 bits per heavy atom. The highest BCUT2D eigenvalue weighted by molar-refractivity contribution is 7.86. The van der Waals surface area contributed by atoms with Crippen molar-refractivity contribution in [3.05, 3.63) is 65.7 Å². The first kappa shape index (κ1) is 19.8. The summed E-state index contributed by atoms with van der Waals surface area (Å²) in [5.41, 5.74) is -0.667. The van der Waals surface area contributed by atoms with Gasteiger partial charge in [0.2, 0.25) is 0 Å². The summed E-state index contributed by atoms with van der Waals surface area (Å²) < 4.78 is 42.5. The van der Waals surface area contributed by atoms with Crippen molar-refractivity contribution in [2.45, 2.75) is 4.90 Å². The Bertz CT molecular complexity index is 1070. The predicted molar refractivity (Wildman–Crippen MR) is 93.1 cm³/mol. The number of esters is 1. The first-order valence-corrected chi connectivity index (χ1v) is 8.73. The molecule has 0 unspecified atom stereocenters. The minimum Gasteiger partial charge on any atom is -0.495 e. The van der Waals surface area contributed by atoms with Crippen LogP contribution >= 0.6 is 0 Å². The number of ether oxygens (including phenoxy) is 2. The van der Waals surface area contributed by atoms with Gasteiger partial charge in [-0.25, -0.2) is 4.79 Å². The second kappa shape index (κ2) is 7.82. The monoisotopic (exact) mass is 387 g/mol. The molecule has 0 aliphatic rings. The average Bonchev–Trinajstić information content (AvgIpc) is 2.66. The van der Waals surface area contributed by atoms with Gasteiger partial charge in [-0.05, 0) is 6.07 Å². The number of methoxy groups -OCH3 is 1. The maximum absolute atomic E-state index is 12.8. The summed E-state index contributed by atoms with van der Waals surface area (Å²) in [7, 11) is -3.61. The largest absolute Gasteiger partial charge is 0.495 e. The molecule has 0 heterocycles. The average molecular weight is 387 g/mol. The minimum absolute atomic E-state index is 0.181. The van der Waals surface area contributed by atoms with E-state index in [0.717, 1.165) is 19.2 Å². The third-order valence-electron chi connectivity index (χ3n) is 3.41. The maximum atomic E-state index is 12.8. The van der Waals surface area contributed by atoms with E-state index in [9.17, 15) is 22.6 Å². The molecule has 0 aromatic heterocycles. The van der Waals surface area contributed by atoms with Crippen LogP contribution in [0.5, 0.6) is 11.5 Å². The highest BCUT2D eigenvalue weighted by Gasteiger charge is 2.26. The van der Waals surface area contributed by atoms with E-state index in [4.69, 9.17) is 14.7 Å². The summed E-state index contributed by atoms with van der Waals surface area (Å²) >= 11 is 0. The Labute approximate surface area is 155 Å². The quantitative estimate of drug-likeness (QED) is 0.199. The second-order valence-electron chi connectivity index (χ2n) is 5.15. The fraction of sp³-hybridized carbons (Fsp3) is 0.0556. The van der Waals surface area contributed by atoms with Crippen LogP contribution in [0.3, 0.4) is 0 Å². The zero-order chi connectivity index (χ0) is 20.2. The molecule has 138 valence electrons. The van der Waals surface area contributed by atoms with Crippen LogP contribution in [0.4, 0.5) is 0 Å². The minimum atomic E-state index is -4.74. The van der Waals surface area contributed by atoms with Crippen LogP contribution in [-0.4, -0.2) is 31.8 Å². The number of ketones is 1. The Morgan fingerprint density at radius 2 is 1.78 bits per heavy atom. The molecule has 9 heteroatoms. The molecule has 0 radical (unpaired) electrons. The molecule has 27 heavy (non-hydrogen) atoms. The highest BCUT2D eigenvalue weighted by Crippen LogP contribution is 2.34. The highest BCUT2D eigenvalue weighted by atomic mass is 32.2. The van der Waals surface area contributed by atoms with E-state index >= 15 is 0 Å². The molecular weight excluding hydrogens is 374 g/mol. The van der Waals surface area contributed by atoms with Crippen LogP contribution in [0.1, 0.15) is 15.9 Å². The number of rotatable bonds is 6. The summed E-state index contributed by atoms with van der Waals surface area (Å²) in [6, 6.07) is 11.1. The zero-order valence-electron chi connectivity index (χ0n) is 14.0. The van der Waals surface area contributed by atoms with Gasteiger partial charge >= 0.3 is 5.97 Å². The first-order valence-electron chi connectivity index (χ1n) is 7.29. The van der Waals surface area contributed by atoms with Gasteiger partial charge in [0.05, 0.1) is 12.7 Å². The molecule has 2 aromatic carbocycles. The summed E-state index contributed by atoms with van der Waals surface area (Å²) in [4.78, 5) is 24.0. The van der Waals surface area contributed by atoms with E-state index in [1.165, 1.54) is 18.2 Å². The molecular formula is C18H13NO7S. The van der Waals surface area contributed by atoms with Gasteiger partial charge in [-0.2, -0.15) is 13.7 Å². The molecule has 8 nitrogen and oxygen atoms in total. The number of nitrogens with zero attached hydrogens (tertiary/aromatic N) is 1. The molecule has 2 rings (SSSR count). The van der Waals surface area contributed by atoms with Crippen molar-refractivity contribution in [2.24, 2.45) is 0 Å². The third kappa shape index (κ3) is 4.38. The van der Waals surface area contributed by atoms with Gasteiger partial charge in [-0.1, -0.05) is 36.9 Å². The van der Waals surface area contributed by atoms with Crippen LogP contribution in [0.25, 0.3) is 0 Å². The van der Waals surface area contributed by atoms with Crippen LogP contribution < -0.4 is 9.47 Å². The number of carbonyl (C=O) groups excluding carboxylic acids is 2. The lowest BCUT2D eigenvalue weighted by Gasteiger charge is -2.13. The molecule has 0 saturated heterocycles. The molecule has 0 atom stereocenters. The summed E-state index contributed by atoms with van der Waals surface area (Å²) in [5.74, 6) is -2.50. The maximum Gasteiger partial charge on any atom is 0.353 e. The van der Waals surface area contributed by atoms with Crippen LogP contribution in [0.2, 0.25) is 0 Å². The van der Waals surface area contributed by atoms with Crippen molar-refractivity contribution in [3.8, 4) is 17.6 Å². The van der Waals surface area contributed by atoms with Crippen molar-refractivity contribution in [2.75, 3.05) is 7.11 Å². The van der Waals surface area contributed by atoms with Crippen LogP contribution in [0.15, 0.2) is 59.5 Å². The van der Waals surface area contributed by atoms with E-state index in [2.05, 4.69) is 6.58 Å². The summed E-state index contributed by atoms with van der Waals surface area (Å²) in [5, 5.41) is 8.74. The smallest absolute Gasteiger partial charge is 0.353 e. The molecule has 0 aliphatic carbocycles.